The number of Topliss-reactive ketones (excluding diaryl/α,β-unsaturated/α-hetero) is 1. The van der Waals surface area contributed by atoms with Crippen LogP contribution in [0.5, 0.6) is 11.5 Å². The summed E-state index contributed by atoms with van der Waals surface area (Å²) in [4.78, 5) is 32.1. The molecular weight excluding hydrogens is 448 g/mol. The number of rotatable bonds is 6. The molecule has 2 saturated heterocycles. The Hall–Kier alpha value is -2.88. The molecule has 0 unspecified atom stereocenters. The first-order chi connectivity index (χ1) is 17.0. The molecule has 0 saturated carbocycles. The fourth-order valence-corrected chi connectivity index (χ4v) is 5.11. The number of ketones is 1. The van der Waals surface area contributed by atoms with Crippen LogP contribution in [0.2, 0.25) is 0 Å². The Balaban J connectivity index is 1.19. The molecule has 35 heavy (non-hydrogen) atoms. The third-order valence-corrected chi connectivity index (χ3v) is 7.07. The fraction of sp³-hybridized carbons (Fsp3) is 0.538. The number of ether oxygens (including phenoxy) is 3. The molecule has 188 valence electrons. The highest BCUT2D eigenvalue weighted by Crippen LogP contribution is 2.33. The van der Waals surface area contributed by atoms with E-state index in [1.807, 2.05) is 43.0 Å². The first-order valence-electron chi connectivity index (χ1n) is 12.4. The Kier molecular flexibility index (Phi) is 7.08. The molecule has 2 aromatic rings. The average molecular weight is 483 g/mol. The summed E-state index contributed by atoms with van der Waals surface area (Å²) in [5.74, 6) is 1.76. The number of piperazine rings is 1. The van der Waals surface area contributed by atoms with Gasteiger partial charge in [0.1, 0.15) is 13.2 Å². The predicted octanol–water partition coefficient (Wildman–Crippen LogP) is 1.52. The van der Waals surface area contributed by atoms with Crippen LogP contribution in [0, 0.1) is 13.8 Å². The van der Waals surface area contributed by atoms with Gasteiger partial charge in [-0.05, 0) is 32.0 Å². The van der Waals surface area contributed by atoms with Crippen LogP contribution < -0.4 is 9.47 Å². The minimum absolute atomic E-state index is 0.106. The van der Waals surface area contributed by atoms with Gasteiger partial charge in [-0.2, -0.15) is 0 Å². The lowest BCUT2D eigenvalue weighted by Crippen LogP contribution is -2.52. The number of amides is 1. The van der Waals surface area contributed by atoms with Gasteiger partial charge in [0.2, 0.25) is 5.91 Å². The minimum atomic E-state index is 0.106. The van der Waals surface area contributed by atoms with Gasteiger partial charge >= 0.3 is 0 Å². The standard InChI is InChI=1S/C26H34N4O5/c1-19-15-22(20(2)30(19)21-3-4-24-25(16-21)35-14-13-34-24)23(31)17-27-5-7-29(8-6-27)26(32)18-28-9-11-33-12-10-28/h3-4,15-16H,5-14,17-18H2,1-2H3. The predicted molar refractivity (Wildman–Crippen MR) is 131 cm³/mol. The summed E-state index contributed by atoms with van der Waals surface area (Å²) in [5.41, 5.74) is 3.61. The molecular formula is C26H34N4O5. The lowest BCUT2D eigenvalue weighted by molar-refractivity contribution is -0.135. The molecule has 2 fully saturated rings. The van der Waals surface area contributed by atoms with E-state index in [9.17, 15) is 9.59 Å². The Morgan fingerprint density at radius 2 is 1.49 bits per heavy atom. The van der Waals surface area contributed by atoms with Gasteiger partial charge in [0, 0.05) is 68.0 Å². The van der Waals surface area contributed by atoms with Gasteiger partial charge in [0.05, 0.1) is 26.3 Å². The van der Waals surface area contributed by atoms with Gasteiger partial charge in [-0.1, -0.05) is 0 Å². The molecule has 0 aliphatic carbocycles. The number of morpholine rings is 1. The quantitative estimate of drug-likeness (QED) is 0.578. The van der Waals surface area contributed by atoms with E-state index >= 15 is 0 Å². The molecule has 4 heterocycles. The van der Waals surface area contributed by atoms with Crippen LogP contribution in [0.3, 0.4) is 0 Å². The van der Waals surface area contributed by atoms with Crippen LogP contribution in [0.15, 0.2) is 24.3 Å². The van der Waals surface area contributed by atoms with Crippen molar-refractivity contribution in [2.45, 2.75) is 13.8 Å². The van der Waals surface area contributed by atoms with Crippen molar-refractivity contribution in [1.82, 2.24) is 19.3 Å². The number of benzene rings is 1. The van der Waals surface area contributed by atoms with E-state index < -0.39 is 0 Å². The van der Waals surface area contributed by atoms with Crippen LogP contribution in [0.25, 0.3) is 5.69 Å². The van der Waals surface area contributed by atoms with Crippen LogP contribution in [0.1, 0.15) is 21.7 Å². The van der Waals surface area contributed by atoms with Crippen LogP contribution in [-0.4, -0.2) is 110 Å². The second-order valence-corrected chi connectivity index (χ2v) is 9.42. The van der Waals surface area contributed by atoms with Crippen molar-refractivity contribution in [2.75, 3.05) is 78.8 Å². The summed E-state index contributed by atoms with van der Waals surface area (Å²) < 4.78 is 18.8. The molecule has 0 spiro atoms. The molecule has 3 aliphatic rings. The van der Waals surface area contributed by atoms with Gasteiger partial charge in [-0.25, -0.2) is 0 Å². The molecule has 0 atom stereocenters. The Morgan fingerprint density at radius 3 is 2.23 bits per heavy atom. The highest BCUT2D eigenvalue weighted by Gasteiger charge is 2.26. The first kappa shape index (κ1) is 23.8. The molecule has 1 aromatic carbocycles. The van der Waals surface area contributed by atoms with Crippen molar-refractivity contribution in [3.8, 4) is 17.2 Å². The Bertz CT molecular complexity index is 1080. The summed E-state index contributed by atoms with van der Waals surface area (Å²) >= 11 is 0. The smallest absolute Gasteiger partial charge is 0.236 e. The van der Waals surface area contributed by atoms with Gasteiger partial charge in [0.25, 0.3) is 0 Å². The first-order valence-corrected chi connectivity index (χ1v) is 12.4. The SMILES string of the molecule is Cc1cc(C(=O)CN2CCN(C(=O)CN3CCOCC3)CC2)c(C)n1-c1ccc2c(c1)OCCO2. The normalized spacial score (nSPS) is 19.1. The van der Waals surface area contributed by atoms with E-state index in [0.717, 1.165) is 47.2 Å². The van der Waals surface area contributed by atoms with Crippen molar-refractivity contribution in [2.24, 2.45) is 0 Å². The van der Waals surface area contributed by atoms with Crippen molar-refractivity contribution in [3.63, 3.8) is 0 Å². The van der Waals surface area contributed by atoms with Crippen LogP contribution >= 0.6 is 0 Å². The number of aromatic nitrogens is 1. The van der Waals surface area contributed by atoms with Crippen molar-refractivity contribution in [3.05, 3.63) is 41.2 Å². The number of hydrogen-bond acceptors (Lipinski definition) is 7. The minimum Gasteiger partial charge on any atom is -0.486 e. The Morgan fingerprint density at radius 1 is 0.800 bits per heavy atom. The number of fused-ring (bicyclic) bond motifs is 1. The molecule has 3 aliphatic heterocycles. The van der Waals surface area contributed by atoms with E-state index in [1.165, 1.54) is 0 Å². The van der Waals surface area contributed by atoms with Gasteiger partial charge in [-0.3, -0.25) is 19.4 Å². The lowest BCUT2D eigenvalue weighted by Gasteiger charge is -2.36. The fourth-order valence-electron chi connectivity index (χ4n) is 5.11. The van der Waals surface area contributed by atoms with Crippen molar-refractivity contribution >= 4 is 11.7 Å². The zero-order valence-corrected chi connectivity index (χ0v) is 20.6. The third-order valence-electron chi connectivity index (χ3n) is 7.07. The number of carbonyl (C=O) groups excluding carboxylic acids is 2. The summed E-state index contributed by atoms with van der Waals surface area (Å²) in [6.07, 6.45) is 0. The maximum absolute atomic E-state index is 13.2. The van der Waals surface area contributed by atoms with Gasteiger partial charge in [0.15, 0.2) is 17.3 Å². The van der Waals surface area contributed by atoms with E-state index in [4.69, 9.17) is 14.2 Å². The highest BCUT2D eigenvalue weighted by molar-refractivity contribution is 5.99. The maximum atomic E-state index is 13.2. The van der Waals surface area contributed by atoms with Crippen molar-refractivity contribution < 1.29 is 23.8 Å². The molecule has 1 amide bonds. The summed E-state index contributed by atoms with van der Waals surface area (Å²) in [7, 11) is 0. The summed E-state index contributed by atoms with van der Waals surface area (Å²) in [5, 5.41) is 0. The third kappa shape index (κ3) is 5.22. The van der Waals surface area contributed by atoms with E-state index in [0.29, 0.717) is 65.7 Å². The number of carbonyl (C=O) groups is 2. The van der Waals surface area contributed by atoms with Gasteiger partial charge < -0.3 is 23.7 Å². The second kappa shape index (κ2) is 10.4. The largest absolute Gasteiger partial charge is 0.486 e. The second-order valence-electron chi connectivity index (χ2n) is 9.42. The summed E-state index contributed by atoms with van der Waals surface area (Å²) in [6, 6.07) is 7.85. The van der Waals surface area contributed by atoms with Crippen molar-refractivity contribution in [1.29, 1.82) is 0 Å². The monoisotopic (exact) mass is 482 g/mol. The summed E-state index contributed by atoms with van der Waals surface area (Å²) in [6.45, 7) is 11.7. The van der Waals surface area contributed by atoms with E-state index in [2.05, 4.69) is 14.4 Å². The molecule has 5 rings (SSSR count). The zero-order chi connectivity index (χ0) is 24.4. The van der Waals surface area contributed by atoms with Crippen LogP contribution in [-0.2, 0) is 9.53 Å². The number of hydrogen-bond donors (Lipinski definition) is 0. The van der Waals surface area contributed by atoms with Crippen LogP contribution in [0.4, 0.5) is 0 Å². The molecule has 9 heteroatoms. The number of aryl methyl sites for hydroxylation is 1. The van der Waals surface area contributed by atoms with Gasteiger partial charge in [-0.15, -0.1) is 0 Å². The van der Waals surface area contributed by atoms with E-state index in [1.54, 1.807) is 0 Å². The highest BCUT2D eigenvalue weighted by atomic mass is 16.6. The molecule has 1 aromatic heterocycles. The molecule has 0 radical (unpaired) electrons. The maximum Gasteiger partial charge on any atom is 0.236 e. The molecule has 9 nitrogen and oxygen atoms in total. The molecule has 0 bridgehead atoms. The zero-order valence-electron chi connectivity index (χ0n) is 20.6. The topological polar surface area (TPSA) is 76.5 Å². The average Bonchev–Trinajstić information content (AvgIpc) is 3.18. The molecule has 0 N–H and O–H groups in total. The van der Waals surface area contributed by atoms with E-state index in [-0.39, 0.29) is 11.7 Å². The number of nitrogens with zero attached hydrogens (tertiary/aromatic N) is 4. The lowest BCUT2D eigenvalue weighted by atomic mass is 10.1. The Labute approximate surface area is 206 Å².